The molecule has 1 unspecified atom stereocenters. The molecule has 0 radical (unpaired) electrons. The fourth-order valence-corrected chi connectivity index (χ4v) is 4.96. The summed E-state index contributed by atoms with van der Waals surface area (Å²) in [6, 6.07) is 17.8. The van der Waals surface area contributed by atoms with Crippen molar-refractivity contribution in [1.82, 2.24) is 10.2 Å². The Balaban J connectivity index is 1.30. The number of allylic oxidation sites excluding steroid dienone is 2. The molecular formula is C24H28N4O. The summed E-state index contributed by atoms with van der Waals surface area (Å²) in [5, 5.41) is 5.75. The summed E-state index contributed by atoms with van der Waals surface area (Å²) in [6.45, 7) is 4.73. The van der Waals surface area contributed by atoms with Crippen LogP contribution in [-0.4, -0.2) is 37.1 Å². The first kappa shape index (κ1) is 18.3. The second kappa shape index (κ2) is 7.91. The zero-order chi connectivity index (χ0) is 19.6. The van der Waals surface area contributed by atoms with Crippen molar-refractivity contribution in [1.29, 1.82) is 0 Å². The van der Waals surface area contributed by atoms with Crippen molar-refractivity contribution < 1.29 is 4.79 Å². The van der Waals surface area contributed by atoms with E-state index in [-0.39, 0.29) is 6.03 Å². The molecule has 5 heteroatoms. The minimum atomic E-state index is -0.115. The molecule has 5 nitrogen and oxygen atoms in total. The first-order valence-corrected chi connectivity index (χ1v) is 10.6. The Morgan fingerprint density at radius 1 is 0.931 bits per heavy atom. The summed E-state index contributed by atoms with van der Waals surface area (Å²) < 4.78 is 0. The molecular weight excluding hydrogens is 360 g/mol. The fourth-order valence-electron chi connectivity index (χ4n) is 4.96. The maximum absolute atomic E-state index is 11.6. The SMILES string of the molecule is O=C1NCc2ccc(N3CCN(C(c4ccccc4)C4CC=CC4)CC3)cc2N1. The molecule has 2 amide bonds. The molecule has 0 spiro atoms. The highest BCUT2D eigenvalue weighted by atomic mass is 16.2. The molecule has 2 aromatic carbocycles. The van der Waals surface area contributed by atoms with Gasteiger partial charge in [-0.15, -0.1) is 0 Å². The number of benzene rings is 2. The molecule has 3 aliphatic rings. The van der Waals surface area contributed by atoms with Crippen molar-refractivity contribution in [2.45, 2.75) is 25.4 Å². The van der Waals surface area contributed by atoms with Gasteiger partial charge in [-0.25, -0.2) is 4.79 Å². The van der Waals surface area contributed by atoms with Crippen molar-refractivity contribution in [3.05, 3.63) is 71.8 Å². The third kappa shape index (κ3) is 3.75. The molecule has 29 heavy (non-hydrogen) atoms. The van der Waals surface area contributed by atoms with Gasteiger partial charge in [-0.05, 0) is 42.0 Å². The van der Waals surface area contributed by atoms with Crippen LogP contribution in [0.1, 0.15) is 30.0 Å². The van der Waals surface area contributed by atoms with Gasteiger partial charge < -0.3 is 15.5 Å². The van der Waals surface area contributed by atoms with E-state index in [1.54, 1.807) is 0 Å². The Kier molecular flexibility index (Phi) is 4.98. The van der Waals surface area contributed by atoms with E-state index in [0.29, 0.717) is 18.5 Å². The zero-order valence-corrected chi connectivity index (χ0v) is 16.7. The number of carbonyl (C=O) groups is 1. The number of hydrogen-bond donors (Lipinski definition) is 2. The van der Waals surface area contributed by atoms with E-state index in [2.05, 4.69) is 81.1 Å². The van der Waals surface area contributed by atoms with Gasteiger partial charge >= 0.3 is 6.03 Å². The lowest BCUT2D eigenvalue weighted by molar-refractivity contribution is 0.137. The number of nitrogens with zero attached hydrogens (tertiary/aromatic N) is 2. The highest BCUT2D eigenvalue weighted by Crippen LogP contribution is 2.37. The Hall–Kier alpha value is -2.79. The maximum Gasteiger partial charge on any atom is 0.319 e. The molecule has 0 aromatic heterocycles. The van der Waals surface area contributed by atoms with Crippen molar-refractivity contribution in [2.24, 2.45) is 5.92 Å². The van der Waals surface area contributed by atoms with E-state index in [9.17, 15) is 4.79 Å². The highest BCUT2D eigenvalue weighted by molar-refractivity contribution is 5.92. The van der Waals surface area contributed by atoms with Crippen LogP contribution in [0.5, 0.6) is 0 Å². The van der Waals surface area contributed by atoms with E-state index < -0.39 is 0 Å². The number of piperazine rings is 1. The van der Waals surface area contributed by atoms with Gasteiger partial charge in [-0.2, -0.15) is 0 Å². The number of hydrogen-bond acceptors (Lipinski definition) is 3. The Morgan fingerprint density at radius 2 is 1.69 bits per heavy atom. The first-order valence-electron chi connectivity index (χ1n) is 10.6. The van der Waals surface area contributed by atoms with Gasteiger partial charge in [-0.3, -0.25) is 4.90 Å². The normalized spacial score (nSPS) is 20.8. The second-order valence-electron chi connectivity index (χ2n) is 8.23. The smallest absolute Gasteiger partial charge is 0.319 e. The minimum absolute atomic E-state index is 0.115. The van der Waals surface area contributed by atoms with Crippen molar-refractivity contribution in [3.8, 4) is 0 Å². The molecule has 1 aliphatic carbocycles. The summed E-state index contributed by atoms with van der Waals surface area (Å²) in [5.41, 5.74) is 4.72. The van der Waals surface area contributed by atoms with Crippen LogP contribution in [0, 0.1) is 5.92 Å². The zero-order valence-electron chi connectivity index (χ0n) is 16.7. The number of carbonyl (C=O) groups excluding carboxylic acids is 1. The van der Waals surface area contributed by atoms with Gasteiger partial charge in [0.1, 0.15) is 0 Å². The molecule has 150 valence electrons. The van der Waals surface area contributed by atoms with E-state index >= 15 is 0 Å². The van der Waals surface area contributed by atoms with Gasteiger partial charge in [0.25, 0.3) is 0 Å². The lowest BCUT2D eigenvalue weighted by atomic mass is 9.89. The van der Waals surface area contributed by atoms with Crippen molar-refractivity contribution >= 4 is 17.4 Å². The fraction of sp³-hybridized carbons (Fsp3) is 0.375. The quantitative estimate of drug-likeness (QED) is 0.774. The Morgan fingerprint density at radius 3 is 2.45 bits per heavy atom. The largest absolute Gasteiger partial charge is 0.369 e. The molecule has 2 heterocycles. The number of urea groups is 1. The average molecular weight is 389 g/mol. The molecule has 2 aromatic rings. The number of anilines is 2. The molecule has 2 aliphatic heterocycles. The van der Waals surface area contributed by atoms with Crippen LogP contribution in [-0.2, 0) is 6.54 Å². The lowest BCUT2D eigenvalue weighted by Crippen LogP contribution is -2.49. The van der Waals surface area contributed by atoms with Crippen LogP contribution < -0.4 is 15.5 Å². The topological polar surface area (TPSA) is 47.6 Å². The monoisotopic (exact) mass is 388 g/mol. The van der Waals surface area contributed by atoms with Crippen LogP contribution >= 0.6 is 0 Å². The third-order valence-electron chi connectivity index (χ3n) is 6.49. The highest BCUT2D eigenvalue weighted by Gasteiger charge is 2.31. The lowest BCUT2D eigenvalue weighted by Gasteiger charge is -2.42. The van der Waals surface area contributed by atoms with Crippen LogP contribution in [0.2, 0.25) is 0 Å². The van der Waals surface area contributed by atoms with Gasteiger partial charge in [0.15, 0.2) is 0 Å². The summed E-state index contributed by atoms with van der Waals surface area (Å²) in [6.07, 6.45) is 7.04. The number of nitrogens with one attached hydrogen (secondary N) is 2. The number of amides is 2. The Bertz CT molecular complexity index is 894. The first-order chi connectivity index (χ1) is 14.3. The van der Waals surface area contributed by atoms with E-state index in [0.717, 1.165) is 37.4 Å². The molecule has 0 saturated carbocycles. The predicted molar refractivity (Wildman–Crippen MR) is 117 cm³/mol. The van der Waals surface area contributed by atoms with Gasteiger partial charge in [-0.1, -0.05) is 48.6 Å². The molecule has 5 rings (SSSR count). The molecule has 1 saturated heterocycles. The summed E-state index contributed by atoms with van der Waals surface area (Å²) >= 11 is 0. The molecule has 1 fully saturated rings. The number of fused-ring (bicyclic) bond motifs is 1. The van der Waals surface area contributed by atoms with Crippen LogP contribution in [0.4, 0.5) is 16.2 Å². The Labute approximate surface area is 172 Å². The van der Waals surface area contributed by atoms with Crippen molar-refractivity contribution in [3.63, 3.8) is 0 Å². The van der Waals surface area contributed by atoms with Gasteiger partial charge in [0.2, 0.25) is 0 Å². The van der Waals surface area contributed by atoms with E-state index in [1.165, 1.54) is 24.1 Å². The summed E-state index contributed by atoms with van der Waals surface area (Å²) in [5.74, 6) is 0.676. The van der Waals surface area contributed by atoms with Crippen molar-refractivity contribution in [2.75, 3.05) is 36.4 Å². The van der Waals surface area contributed by atoms with E-state index in [4.69, 9.17) is 0 Å². The number of rotatable bonds is 4. The third-order valence-corrected chi connectivity index (χ3v) is 6.49. The van der Waals surface area contributed by atoms with E-state index in [1.807, 2.05) is 0 Å². The maximum atomic E-state index is 11.6. The van der Waals surface area contributed by atoms with Gasteiger partial charge in [0.05, 0.1) is 0 Å². The predicted octanol–water partition coefficient (Wildman–Crippen LogP) is 4.15. The van der Waals surface area contributed by atoms with Crippen LogP contribution in [0.15, 0.2) is 60.7 Å². The molecule has 0 bridgehead atoms. The minimum Gasteiger partial charge on any atom is -0.369 e. The summed E-state index contributed by atoms with van der Waals surface area (Å²) in [4.78, 5) is 16.8. The second-order valence-corrected chi connectivity index (χ2v) is 8.23. The van der Waals surface area contributed by atoms with Crippen LogP contribution in [0.3, 0.4) is 0 Å². The summed E-state index contributed by atoms with van der Waals surface area (Å²) in [7, 11) is 0. The molecule has 2 N–H and O–H groups in total. The molecule has 1 atom stereocenters. The van der Waals surface area contributed by atoms with Gasteiger partial charge in [0, 0.05) is 50.1 Å². The standard InChI is InChI=1S/C24H28N4O/c29-24-25-17-20-10-11-21(16-22(20)26-24)27-12-14-28(15-13-27)23(19-8-4-5-9-19)18-6-2-1-3-7-18/h1-7,10-11,16,19,23H,8-9,12-15,17H2,(H2,25,26,29). The van der Waals surface area contributed by atoms with Crippen LogP contribution in [0.25, 0.3) is 0 Å². The average Bonchev–Trinajstić information content (AvgIpc) is 3.29.